The molecule has 3 heterocycles. The number of aliphatic hydroxyl groups excluding tert-OH is 1. The van der Waals surface area contributed by atoms with Crippen LogP contribution in [0.25, 0.3) is 28.6 Å². The molecule has 0 aliphatic rings. The van der Waals surface area contributed by atoms with Gasteiger partial charge in [0.1, 0.15) is 23.7 Å². The zero-order chi connectivity index (χ0) is 23.0. The van der Waals surface area contributed by atoms with E-state index in [1.807, 2.05) is 6.92 Å². The maximum Gasteiger partial charge on any atom is 0.278 e. The number of aromatic nitrogens is 5. The largest absolute Gasteiger partial charge is 0.489 e. The summed E-state index contributed by atoms with van der Waals surface area (Å²) in [6, 6.07) is 3.13. The maximum atomic E-state index is 10.2. The molecule has 11 heteroatoms. The van der Waals surface area contributed by atoms with Gasteiger partial charge < -0.3 is 23.9 Å². The van der Waals surface area contributed by atoms with Gasteiger partial charge in [0.25, 0.3) is 5.89 Å². The van der Waals surface area contributed by atoms with Crippen molar-refractivity contribution in [3.05, 3.63) is 46.5 Å². The summed E-state index contributed by atoms with van der Waals surface area (Å²) < 4.78 is 12.6. The Labute approximate surface area is 193 Å². The van der Waals surface area contributed by atoms with Crippen molar-refractivity contribution in [2.45, 2.75) is 38.9 Å². The highest BCUT2D eigenvalue weighted by Gasteiger charge is 2.21. The fourth-order valence-electron chi connectivity index (χ4n) is 2.87. The molecule has 2 N–H and O–H groups in total. The molecule has 168 valence electrons. The van der Waals surface area contributed by atoms with Crippen LogP contribution in [0.5, 0.6) is 5.75 Å². The molecule has 9 nitrogen and oxygen atoms in total. The Kier molecular flexibility index (Phi) is 6.09. The summed E-state index contributed by atoms with van der Waals surface area (Å²) in [4.78, 5) is 13.1. The predicted molar refractivity (Wildman–Crippen MR) is 119 cm³/mol. The van der Waals surface area contributed by atoms with Crippen molar-refractivity contribution < 1.29 is 19.5 Å². The lowest BCUT2D eigenvalue weighted by Gasteiger charge is -2.15. The van der Waals surface area contributed by atoms with Crippen LogP contribution in [-0.4, -0.2) is 47.4 Å². The molecule has 0 spiro atoms. The molecule has 0 fully saturated rings. The standard InChI is InChI=1S/C21H21Cl2N5O4/c1-4-11(29)10-31-16-6-13(22)12(5-14(16)23)19-26-20(32-27-19)15-8-28-9-17(21(2,3)30)24-7-18(28)25-15/h5-9,11,29-30H,4,10H2,1-3H3. The highest BCUT2D eigenvalue weighted by molar-refractivity contribution is 6.36. The van der Waals surface area contributed by atoms with E-state index in [0.29, 0.717) is 44.8 Å². The minimum atomic E-state index is -1.09. The molecule has 0 aliphatic heterocycles. The van der Waals surface area contributed by atoms with Gasteiger partial charge in [0.05, 0.1) is 28.0 Å². The summed E-state index contributed by atoms with van der Waals surface area (Å²) >= 11 is 12.7. The molecular weight excluding hydrogens is 457 g/mol. The SMILES string of the molecule is CCC(O)COc1cc(Cl)c(-c2noc(-c3cn4cc(C(C)(C)O)ncc4n3)n2)cc1Cl. The Morgan fingerprint density at radius 1 is 1.19 bits per heavy atom. The van der Waals surface area contributed by atoms with Crippen molar-refractivity contribution in [3.8, 4) is 28.7 Å². The number of aliphatic hydroxyl groups is 2. The van der Waals surface area contributed by atoms with E-state index in [9.17, 15) is 10.2 Å². The van der Waals surface area contributed by atoms with Crippen LogP contribution in [0.1, 0.15) is 32.9 Å². The van der Waals surface area contributed by atoms with Gasteiger partial charge in [0.15, 0.2) is 5.65 Å². The Hall–Kier alpha value is -2.72. The average Bonchev–Trinajstić information content (AvgIpc) is 3.39. The first-order valence-electron chi connectivity index (χ1n) is 9.87. The quantitative estimate of drug-likeness (QED) is 0.407. The minimum Gasteiger partial charge on any atom is -0.489 e. The van der Waals surface area contributed by atoms with Gasteiger partial charge in [-0.25, -0.2) is 4.98 Å². The number of halogens is 2. The number of rotatable bonds is 7. The smallest absolute Gasteiger partial charge is 0.278 e. The Morgan fingerprint density at radius 2 is 1.97 bits per heavy atom. The van der Waals surface area contributed by atoms with E-state index in [0.717, 1.165) is 0 Å². The third-order valence-electron chi connectivity index (χ3n) is 4.78. The molecule has 0 aliphatic carbocycles. The van der Waals surface area contributed by atoms with E-state index in [1.54, 1.807) is 49.0 Å². The molecule has 0 amide bonds. The molecule has 1 aromatic carbocycles. The van der Waals surface area contributed by atoms with Crippen LogP contribution < -0.4 is 4.74 Å². The number of nitrogens with zero attached hydrogens (tertiary/aromatic N) is 5. The van der Waals surface area contributed by atoms with Crippen molar-refractivity contribution in [1.82, 2.24) is 24.5 Å². The van der Waals surface area contributed by atoms with Gasteiger partial charge in [-0.3, -0.25) is 4.98 Å². The number of hydrogen-bond acceptors (Lipinski definition) is 8. The van der Waals surface area contributed by atoms with E-state index >= 15 is 0 Å². The van der Waals surface area contributed by atoms with Crippen LogP contribution in [0.15, 0.2) is 35.2 Å². The van der Waals surface area contributed by atoms with Gasteiger partial charge in [-0.2, -0.15) is 4.98 Å². The van der Waals surface area contributed by atoms with Crippen LogP contribution in [0.4, 0.5) is 0 Å². The van der Waals surface area contributed by atoms with Gasteiger partial charge in [-0.15, -0.1) is 0 Å². The highest BCUT2D eigenvalue weighted by Crippen LogP contribution is 2.36. The summed E-state index contributed by atoms with van der Waals surface area (Å²) in [6.07, 6.45) is 4.92. The second-order valence-corrected chi connectivity index (χ2v) is 8.60. The van der Waals surface area contributed by atoms with Gasteiger partial charge in [0, 0.05) is 24.0 Å². The highest BCUT2D eigenvalue weighted by atomic mass is 35.5. The van der Waals surface area contributed by atoms with E-state index < -0.39 is 11.7 Å². The lowest BCUT2D eigenvalue weighted by atomic mass is 10.1. The third kappa shape index (κ3) is 4.56. The summed E-state index contributed by atoms with van der Waals surface area (Å²) in [5.74, 6) is 0.776. The Balaban J connectivity index is 1.62. The molecule has 3 aromatic heterocycles. The maximum absolute atomic E-state index is 10.2. The molecule has 0 bridgehead atoms. The first-order chi connectivity index (χ1) is 15.2. The molecular formula is C21H21Cl2N5O4. The van der Waals surface area contributed by atoms with Crippen molar-refractivity contribution in [3.63, 3.8) is 0 Å². The van der Waals surface area contributed by atoms with Crippen LogP contribution in [-0.2, 0) is 5.60 Å². The normalized spacial score (nSPS) is 13.0. The van der Waals surface area contributed by atoms with Gasteiger partial charge >= 0.3 is 0 Å². The monoisotopic (exact) mass is 477 g/mol. The predicted octanol–water partition coefficient (Wildman–Crippen LogP) is 4.13. The van der Waals surface area contributed by atoms with Gasteiger partial charge in [-0.05, 0) is 26.3 Å². The summed E-state index contributed by atoms with van der Waals surface area (Å²) in [5.41, 5.74) is 0.871. The molecule has 0 saturated heterocycles. The molecule has 0 saturated carbocycles. The third-order valence-corrected chi connectivity index (χ3v) is 5.39. The van der Waals surface area contributed by atoms with E-state index in [-0.39, 0.29) is 18.3 Å². The van der Waals surface area contributed by atoms with Crippen LogP contribution in [0, 0.1) is 0 Å². The van der Waals surface area contributed by atoms with Crippen molar-refractivity contribution in [2.24, 2.45) is 0 Å². The summed E-state index contributed by atoms with van der Waals surface area (Å²) in [6.45, 7) is 5.27. The molecule has 32 heavy (non-hydrogen) atoms. The molecule has 4 rings (SSSR count). The molecule has 1 unspecified atom stereocenters. The van der Waals surface area contributed by atoms with E-state index in [4.69, 9.17) is 32.5 Å². The van der Waals surface area contributed by atoms with Crippen molar-refractivity contribution in [2.75, 3.05) is 6.61 Å². The number of imidazole rings is 1. The number of fused-ring (bicyclic) bond motifs is 1. The fourth-order valence-corrected chi connectivity index (χ4v) is 3.33. The van der Waals surface area contributed by atoms with Gasteiger partial charge in [-0.1, -0.05) is 35.3 Å². The van der Waals surface area contributed by atoms with Gasteiger partial charge in [0.2, 0.25) is 5.82 Å². The lowest BCUT2D eigenvalue weighted by Crippen LogP contribution is -2.18. The van der Waals surface area contributed by atoms with Crippen molar-refractivity contribution in [1.29, 1.82) is 0 Å². The van der Waals surface area contributed by atoms with E-state index in [1.165, 1.54) is 0 Å². The minimum absolute atomic E-state index is 0.107. The van der Waals surface area contributed by atoms with Crippen LogP contribution in [0.2, 0.25) is 10.0 Å². The van der Waals surface area contributed by atoms with E-state index in [2.05, 4.69) is 20.1 Å². The van der Waals surface area contributed by atoms with Crippen LogP contribution in [0.3, 0.4) is 0 Å². The molecule has 1 atom stereocenters. The molecule has 0 radical (unpaired) electrons. The number of ether oxygens (including phenoxy) is 1. The zero-order valence-corrected chi connectivity index (χ0v) is 19.1. The number of hydrogen-bond donors (Lipinski definition) is 2. The lowest BCUT2D eigenvalue weighted by molar-refractivity contribution is 0.0733. The summed E-state index contributed by atoms with van der Waals surface area (Å²) in [5, 5.41) is 24.4. The second-order valence-electron chi connectivity index (χ2n) is 7.78. The Bertz CT molecular complexity index is 1270. The average molecular weight is 478 g/mol. The fraction of sp³-hybridized carbons (Fsp3) is 0.333. The Morgan fingerprint density at radius 3 is 2.69 bits per heavy atom. The molecule has 4 aromatic rings. The van der Waals surface area contributed by atoms with Crippen LogP contribution >= 0.6 is 23.2 Å². The van der Waals surface area contributed by atoms with Crippen molar-refractivity contribution >= 4 is 28.8 Å². The number of benzene rings is 1. The topological polar surface area (TPSA) is 119 Å². The first kappa shape index (κ1) is 22.5. The second kappa shape index (κ2) is 8.67. The summed E-state index contributed by atoms with van der Waals surface area (Å²) in [7, 11) is 0. The first-order valence-corrected chi connectivity index (χ1v) is 10.6. The zero-order valence-electron chi connectivity index (χ0n) is 17.6.